The van der Waals surface area contributed by atoms with Crippen molar-refractivity contribution in [1.29, 1.82) is 0 Å². The highest BCUT2D eigenvalue weighted by Crippen LogP contribution is 2.44. The molecule has 0 N–H and O–H groups in total. The fourth-order valence-electron chi connectivity index (χ4n) is 4.21. The summed E-state index contributed by atoms with van der Waals surface area (Å²) in [6, 6.07) is 10.3. The van der Waals surface area contributed by atoms with Gasteiger partial charge in [-0.25, -0.2) is 8.42 Å². The summed E-state index contributed by atoms with van der Waals surface area (Å²) < 4.78 is 31.6. The van der Waals surface area contributed by atoms with Crippen LogP contribution in [0.4, 0.5) is 11.4 Å². The zero-order valence-electron chi connectivity index (χ0n) is 18.7. The van der Waals surface area contributed by atoms with Crippen LogP contribution in [0.15, 0.2) is 47.6 Å². The monoisotopic (exact) mass is 439 g/mol. The molecule has 2 aliphatic rings. The molecule has 0 saturated heterocycles. The lowest BCUT2D eigenvalue weighted by Crippen LogP contribution is -2.27. The van der Waals surface area contributed by atoms with Crippen molar-refractivity contribution < 1.29 is 13.2 Å². The normalized spacial score (nSPS) is 16.0. The third-order valence-corrected chi connectivity index (χ3v) is 6.93. The van der Waals surface area contributed by atoms with E-state index in [0.717, 1.165) is 39.4 Å². The molecule has 31 heavy (non-hydrogen) atoms. The molecule has 7 heteroatoms. The van der Waals surface area contributed by atoms with Gasteiger partial charge < -0.3 is 9.64 Å². The summed E-state index contributed by atoms with van der Waals surface area (Å²) >= 11 is 0. The Hall–Kier alpha value is -2.80. The number of benzene rings is 2. The van der Waals surface area contributed by atoms with Gasteiger partial charge in [0.05, 0.1) is 19.1 Å². The lowest BCUT2D eigenvalue weighted by Gasteiger charge is -2.28. The molecule has 0 amide bonds. The van der Waals surface area contributed by atoms with Gasteiger partial charge in [0.25, 0.3) is 0 Å². The maximum atomic E-state index is 12.1. The topological polar surface area (TPSA) is 62.2 Å². The van der Waals surface area contributed by atoms with Crippen LogP contribution in [-0.2, 0) is 21.9 Å². The number of fused-ring (bicyclic) bond motifs is 1. The molecule has 2 heterocycles. The van der Waals surface area contributed by atoms with E-state index in [-0.39, 0.29) is 5.41 Å². The number of ether oxygens (including phenoxy) is 1. The lowest BCUT2D eigenvalue weighted by atomic mass is 9.83. The summed E-state index contributed by atoms with van der Waals surface area (Å²) in [6.45, 7) is 7.58. The number of sulfonamides is 1. The summed E-state index contributed by atoms with van der Waals surface area (Å²) in [5, 5.41) is 0. The standard InChI is InChI=1S/C24H29N3O3S/c1-24(2,3)21-15-19(26-11-6-10-25-16-26)14-20(23(21)30-4)17-7-8-22-18(13-17)9-12-27(22)31(5,28)29/h6-8,10-11,13-15H,9,12,16H2,1-5H3. The minimum Gasteiger partial charge on any atom is -0.496 e. The van der Waals surface area contributed by atoms with Gasteiger partial charge in [-0.3, -0.25) is 9.30 Å². The van der Waals surface area contributed by atoms with Crippen molar-refractivity contribution in [3.8, 4) is 16.9 Å². The molecule has 2 aromatic carbocycles. The van der Waals surface area contributed by atoms with Crippen LogP contribution in [0, 0.1) is 0 Å². The van der Waals surface area contributed by atoms with Crippen LogP contribution in [0.2, 0.25) is 0 Å². The van der Waals surface area contributed by atoms with Gasteiger partial charge in [-0.15, -0.1) is 0 Å². The summed E-state index contributed by atoms with van der Waals surface area (Å²) in [7, 11) is -1.57. The number of hydrogen-bond donors (Lipinski definition) is 0. The van der Waals surface area contributed by atoms with E-state index in [0.29, 0.717) is 19.6 Å². The van der Waals surface area contributed by atoms with E-state index in [4.69, 9.17) is 4.74 Å². The molecule has 0 fully saturated rings. The molecule has 0 spiro atoms. The first kappa shape index (κ1) is 21.4. The second kappa shape index (κ2) is 7.71. The second-order valence-electron chi connectivity index (χ2n) is 9.04. The molecule has 0 unspecified atom stereocenters. The molecule has 0 atom stereocenters. The number of nitrogens with zero attached hydrogens (tertiary/aromatic N) is 3. The molecule has 4 rings (SSSR count). The maximum absolute atomic E-state index is 12.1. The van der Waals surface area contributed by atoms with Gasteiger partial charge in [0.1, 0.15) is 12.4 Å². The van der Waals surface area contributed by atoms with E-state index in [2.05, 4.69) is 48.9 Å². The Morgan fingerprint density at radius 3 is 2.52 bits per heavy atom. The number of aliphatic imine (C=N–C) groups is 1. The SMILES string of the molecule is COc1c(-c2ccc3c(c2)CCN3S(C)(=O)=O)cc(N2C=CC=NC2)cc1C(C)(C)C. The molecule has 6 nitrogen and oxygen atoms in total. The molecule has 0 aliphatic carbocycles. The van der Waals surface area contributed by atoms with Crippen molar-refractivity contribution >= 4 is 27.6 Å². The van der Waals surface area contributed by atoms with Crippen LogP contribution in [-0.4, -0.2) is 41.2 Å². The molecule has 0 radical (unpaired) electrons. The second-order valence-corrected chi connectivity index (χ2v) is 10.9. The fraction of sp³-hybridized carbons (Fsp3) is 0.375. The van der Waals surface area contributed by atoms with Crippen LogP contribution in [0.3, 0.4) is 0 Å². The first-order chi connectivity index (χ1) is 14.6. The average Bonchev–Trinajstić information content (AvgIpc) is 3.16. The number of rotatable bonds is 4. The van der Waals surface area contributed by atoms with Crippen LogP contribution in [0.1, 0.15) is 31.9 Å². The smallest absolute Gasteiger partial charge is 0.232 e. The summed E-state index contributed by atoms with van der Waals surface area (Å²) in [6.07, 6.45) is 7.72. The van der Waals surface area contributed by atoms with Crippen molar-refractivity contribution in [2.75, 3.05) is 35.8 Å². The van der Waals surface area contributed by atoms with E-state index in [1.165, 1.54) is 10.6 Å². The van der Waals surface area contributed by atoms with Crippen LogP contribution >= 0.6 is 0 Å². The number of anilines is 2. The van der Waals surface area contributed by atoms with Crippen molar-refractivity contribution in [3.63, 3.8) is 0 Å². The summed E-state index contributed by atoms with van der Waals surface area (Å²) in [5.41, 5.74) is 5.86. The third kappa shape index (κ3) is 4.06. The van der Waals surface area contributed by atoms with Gasteiger partial charge in [0, 0.05) is 35.8 Å². The van der Waals surface area contributed by atoms with Gasteiger partial charge in [-0.1, -0.05) is 26.8 Å². The Balaban J connectivity index is 1.88. The Labute approximate surface area is 184 Å². The highest BCUT2D eigenvalue weighted by Gasteiger charge is 2.28. The van der Waals surface area contributed by atoms with Crippen molar-refractivity contribution in [2.24, 2.45) is 4.99 Å². The van der Waals surface area contributed by atoms with Crippen molar-refractivity contribution in [3.05, 3.63) is 53.7 Å². The zero-order valence-corrected chi connectivity index (χ0v) is 19.5. The highest BCUT2D eigenvalue weighted by molar-refractivity contribution is 7.92. The van der Waals surface area contributed by atoms with Crippen molar-refractivity contribution in [2.45, 2.75) is 32.6 Å². The first-order valence-electron chi connectivity index (χ1n) is 10.4. The van der Waals surface area contributed by atoms with E-state index in [9.17, 15) is 8.42 Å². The van der Waals surface area contributed by atoms with Gasteiger partial charge in [0.15, 0.2) is 0 Å². The Kier molecular flexibility index (Phi) is 5.33. The average molecular weight is 440 g/mol. The van der Waals surface area contributed by atoms with Gasteiger partial charge in [0.2, 0.25) is 10.0 Å². The molecule has 0 aromatic heterocycles. The van der Waals surface area contributed by atoms with E-state index < -0.39 is 10.0 Å². The minimum atomic E-state index is -3.27. The largest absolute Gasteiger partial charge is 0.496 e. The lowest BCUT2D eigenvalue weighted by molar-refractivity contribution is 0.399. The minimum absolute atomic E-state index is 0.122. The van der Waals surface area contributed by atoms with Gasteiger partial charge in [-0.05, 0) is 53.3 Å². The quantitative estimate of drug-likeness (QED) is 0.711. The van der Waals surface area contributed by atoms with Crippen LogP contribution in [0.25, 0.3) is 11.1 Å². The fourth-order valence-corrected chi connectivity index (χ4v) is 5.17. The van der Waals surface area contributed by atoms with Crippen LogP contribution < -0.4 is 13.9 Å². The number of hydrogen-bond acceptors (Lipinski definition) is 5. The van der Waals surface area contributed by atoms with Crippen LogP contribution in [0.5, 0.6) is 5.75 Å². The Bertz CT molecular complexity index is 1180. The molecule has 2 aromatic rings. The highest BCUT2D eigenvalue weighted by atomic mass is 32.2. The molecule has 2 aliphatic heterocycles. The first-order valence-corrected chi connectivity index (χ1v) is 12.2. The van der Waals surface area contributed by atoms with Crippen molar-refractivity contribution in [1.82, 2.24) is 0 Å². The predicted octanol–water partition coefficient (Wildman–Crippen LogP) is 4.34. The summed E-state index contributed by atoms with van der Waals surface area (Å²) in [5.74, 6) is 0.846. The van der Waals surface area contributed by atoms with Gasteiger partial charge >= 0.3 is 0 Å². The van der Waals surface area contributed by atoms with E-state index in [1.807, 2.05) is 24.4 Å². The molecular weight excluding hydrogens is 410 g/mol. The Morgan fingerprint density at radius 2 is 1.90 bits per heavy atom. The molecule has 0 bridgehead atoms. The maximum Gasteiger partial charge on any atom is 0.232 e. The predicted molar refractivity (Wildman–Crippen MR) is 128 cm³/mol. The van der Waals surface area contributed by atoms with E-state index >= 15 is 0 Å². The van der Waals surface area contributed by atoms with E-state index in [1.54, 1.807) is 13.3 Å². The molecule has 164 valence electrons. The summed E-state index contributed by atoms with van der Waals surface area (Å²) in [4.78, 5) is 6.48. The Morgan fingerprint density at radius 1 is 1.13 bits per heavy atom. The zero-order chi connectivity index (χ0) is 22.4. The number of allylic oxidation sites excluding steroid dienone is 1. The molecular formula is C24H29N3O3S. The number of methoxy groups -OCH3 is 1. The van der Waals surface area contributed by atoms with Gasteiger partial charge in [-0.2, -0.15) is 0 Å². The third-order valence-electron chi connectivity index (χ3n) is 5.75. The molecule has 0 saturated carbocycles.